The number of carboxylic acids is 2. The van der Waals surface area contributed by atoms with Crippen LogP contribution in [0.25, 0.3) is 11.0 Å². The Bertz CT molecular complexity index is 1410. The van der Waals surface area contributed by atoms with Crippen LogP contribution in [0.5, 0.6) is 5.75 Å². The second-order valence-corrected chi connectivity index (χ2v) is 10.4. The Morgan fingerprint density at radius 3 is 2.00 bits per heavy atom. The topological polar surface area (TPSA) is 130 Å². The minimum atomic E-state index is -5.08. The number of likely N-dealkylation sites (tertiary alicyclic amines) is 1. The van der Waals surface area contributed by atoms with Gasteiger partial charge in [-0.25, -0.2) is 19.6 Å². The van der Waals surface area contributed by atoms with E-state index in [1.807, 2.05) is 13.3 Å². The number of anilines is 1. The number of carbonyl (C=O) groups is 2. The number of rotatable bonds is 6. The standard InChI is InChI=1S/C25H33N5O2.2C2HF3O2/c1-3-32-21-6-4-19(5-7-21)17-29-10-8-20(9-11-29)22-16-23-24(26-18-28(23)2)25(27-22)30-12-14-31-15-13-30;2*3-2(4,5)1(6)7/h4-7,16,18,20H,3,8-15,17H2,1-2H3;2*(H,6,7). The normalized spacial score (nSPS) is 16.2. The first-order valence-corrected chi connectivity index (χ1v) is 14.3. The van der Waals surface area contributed by atoms with E-state index in [4.69, 9.17) is 34.3 Å². The maximum Gasteiger partial charge on any atom is 0.490 e. The van der Waals surface area contributed by atoms with Crippen LogP contribution in [0.3, 0.4) is 0 Å². The van der Waals surface area contributed by atoms with Crippen molar-refractivity contribution < 1.29 is 55.6 Å². The Morgan fingerprint density at radius 1 is 0.957 bits per heavy atom. The molecule has 0 unspecified atom stereocenters. The molecule has 2 aliphatic heterocycles. The molecule has 0 radical (unpaired) electrons. The van der Waals surface area contributed by atoms with Gasteiger partial charge in [-0.2, -0.15) is 26.3 Å². The maximum absolute atomic E-state index is 10.6. The number of morpholine rings is 1. The minimum absolute atomic E-state index is 0.491. The fourth-order valence-corrected chi connectivity index (χ4v) is 4.84. The molecule has 1 aromatic carbocycles. The molecule has 2 aromatic heterocycles. The van der Waals surface area contributed by atoms with Crippen molar-refractivity contribution in [3.8, 4) is 5.75 Å². The third-order valence-electron chi connectivity index (χ3n) is 7.16. The Kier molecular flexibility index (Phi) is 12.6. The summed E-state index contributed by atoms with van der Waals surface area (Å²) in [5.41, 5.74) is 4.73. The predicted molar refractivity (Wildman–Crippen MR) is 154 cm³/mol. The second-order valence-electron chi connectivity index (χ2n) is 10.4. The minimum Gasteiger partial charge on any atom is -0.494 e. The van der Waals surface area contributed by atoms with Gasteiger partial charge in [-0.15, -0.1) is 0 Å². The van der Waals surface area contributed by atoms with Crippen LogP contribution in [0.2, 0.25) is 0 Å². The molecule has 2 aliphatic rings. The molecule has 5 rings (SSSR count). The largest absolute Gasteiger partial charge is 0.494 e. The van der Waals surface area contributed by atoms with Gasteiger partial charge in [0.15, 0.2) is 5.82 Å². The number of ether oxygens (including phenoxy) is 2. The third-order valence-corrected chi connectivity index (χ3v) is 7.16. The van der Waals surface area contributed by atoms with E-state index in [0.717, 1.165) is 75.9 Å². The molecule has 0 spiro atoms. The highest BCUT2D eigenvalue weighted by Gasteiger charge is 2.39. The molecule has 3 aromatic rings. The molecule has 0 saturated carbocycles. The van der Waals surface area contributed by atoms with E-state index < -0.39 is 24.3 Å². The van der Waals surface area contributed by atoms with Crippen LogP contribution in [0.1, 0.15) is 36.9 Å². The summed E-state index contributed by atoms with van der Waals surface area (Å²) in [4.78, 5) is 32.5. The van der Waals surface area contributed by atoms with Crippen LogP contribution in [-0.2, 0) is 27.9 Å². The van der Waals surface area contributed by atoms with Crippen molar-refractivity contribution in [1.82, 2.24) is 19.4 Å². The van der Waals surface area contributed by atoms with E-state index in [-0.39, 0.29) is 0 Å². The van der Waals surface area contributed by atoms with E-state index in [9.17, 15) is 26.3 Å². The van der Waals surface area contributed by atoms with Gasteiger partial charge in [0.1, 0.15) is 11.3 Å². The predicted octanol–water partition coefficient (Wildman–Crippen LogP) is 4.85. The van der Waals surface area contributed by atoms with Crippen molar-refractivity contribution in [2.75, 3.05) is 50.9 Å². The lowest BCUT2D eigenvalue weighted by molar-refractivity contribution is -0.193. The molecular weight excluding hydrogens is 628 g/mol. The maximum atomic E-state index is 10.6. The first-order chi connectivity index (χ1) is 21.6. The number of halogens is 6. The number of hydrogen-bond donors (Lipinski definition) is 2. The van der Waals surface area contributed by atoms with Gasteiger partial charge in [0.05, 0.1) is 31.7 Å². The van der Waals surface area contributed by atoms with E-state index >= 15 is 0 Å². The van der Waals surface area contributed by atoms with Crippen LogP contribution in [0, 0.1) is 0 Å². The van der Waals surface area contributed by atoms with Gasteiger partial charge in [0, 0.05) is 38.3 Å². The number of aliphatic carboxylic acids is 2. The zero-order chi connectivity index (χ0) is 34.1. The van der Waals surface area contributed by atoms with Gasteiger partial charge in [0.2, 0.25) is 0 Å². The highest BCUT2D eigenvalue weighted by Crippen LogP contribution is 2.33. The molecular formula is C29H35F6N5O6. The SMILES string of the molecule is CCOc1ccc(CN2CCC(c3cc4c(ncn4C)c(N4CCOCC4)n3)CC2)cc1.O=C(O)C(F)(F)F.O=C(O)C(F)(F)F. The molecule has 0 aliphatic carbocycles. The zero-order valence-electron chi connectivity index (χ0n) is 25.1. The van der Waals surface area contributed by atoms with Crippen molar-refractivity contribution in [3.05, 3.63) is 47.9 Å². The average Bonchev–Trinajstić information content (AvgIpc) is 3.38. The van der Waals surface area contributed by atoms with Gasteiger partial charge in [-0.3, -0.25) is 4.90 Å². The Morgan fingerprint density at radius 2 is 1.50 bits per heavy atom. The smallest absolute Gasteiger partial charge is 0.490 e. The number of pyridine rings is 1. The number of benzene rings is 1. The van der Waals surface area contributed by atoms with E-state index in [2.05, 4.69) is 56.7 Å². The van der Waals surface area contributed by atoms with Crippen molar-refractivity contribution >= 4 is 28.8 Å². The van der Waals surface area contributed by atoms with Gasteiger partial charge in [-0.05, 0) is 56.6 Å². The van der Waals surface area contributed by atoms with E-state index in [0.29, 0.717) is 12.5 Å². The van der Waals surface area contributed by atoms with E-state index in [1.165, 1.54) is 16.8 Å². The molecule has 46 heavy (non-hydrogen) atoms. The monoisotopic (exact) mass is 663 g/mol. The highest BCUT2D eigenvalue weighted by atomic mass is 19.4. The quantitative estimate of drug-likeness (QED) is 0.353. The first-order valence-electron chi connectivity index (χ1n) is 14.3. The summed E-state index contributed by atoms with van der Waals surface area (Å²) in [7, 11) is 2.07. The molecule has 0 bridgehead atoms. The van der Waals surface area contributed by atoms with E-state index in [1.54, 1.807) is 0 Å². The van der Waals surface area contributed by atoms with Crippen LogP contribution >= 0.6 is 0 Å². The Hall–Kier alpha value is -4.12. The van der Waals surface area contributed by atoms with Crippen molar-refractivity contribution in [2.45, 2.75) is 44.6 Å². The number of imidazole rings is 1. The molecule has 17 heteroatoms. The molecule has 2 saturated heterocycles. The molecule has 2 fully saturated rings. The summed E-state index contributed by atoms with van der Waals surface area (Å²) < 4.78 is 76.7. The second kappa shape index (κ2) is 15.9. The highest BCUT2D eigenvalue weighted by molar-refractivity contribution is 5.87. The number of nitrogens with zero attached hydrogens (tertiary/aromatic N) is 5. The zero-order valence-corrected chi connectivity index (χ0v) is 25.1. The summed E-state index contributed by atoms with van der Waals surface area (Å²) in [6.07, 6.45) is -5.99. The Balaban J connectivity index is 0.000000345. The van der Waals surface area contributed by atoms with Crippen molar-refractivity contribution in [1.29, 1.82) is 0 Å². The number of carboxylic acid groups (broad SMARTS) is 2. The van der Waals surface area contributed by atoms with Crippen LogP contribution in [0.4, 0.5) is 32.2 Å². The summed E-state index contributed by atoms with van der Waals surface area (Å²) in [6.45, 7) is 9.17. The Labute approximate surface area is 260 Å². The van der Waals surface area contributed by atoms with Crippen LogP contribution in [-0.4, -0.2) is 99.9 Å². The first kappa shape index (κ1) is 36.3. The molecule has 0 amide bonds. The van der Waals surface area contributed by atoms with Crippen molar-refractivity contribution in [2.24, 2.45) is 7.05 Å². The molecule has 2 N–H and O–H groups in total. The number of aromatic nitrogens is 3. The molecule has 11 nitrogen and oxygen atoms in total. The fraction of sp³-hybridized carbons (Fsp3) is 0.517. The van der Waals surface area contributed by atoms with Crippen molar-refractivity contribution in [3.63, 3.8) is 0 Å². The number of hydrogen-bond acceptors (Lipinski definition) is 8. The average molecular weight is 664 g/mol. The number of aryl methyl sites for hydroxylation is 1. The lowest BCUT2D eigenvalue weighted by Crippen LogP contribution is -2.37. The summed E-state index contributed by atoms with van der Waals surface area (Å²) in [5, 5.41) is 14.2. The fourth-order valence-electron chi connectivity index (χ4n) is 4.84. The summed E-state index contributed by atoms with van der Waals surface area (Å²) >= 11 is 0. The van der Waals surface area contributed by atoms with Gasteiger partial charge >= 0.3 is 24.3 Å². The molecule has 254 valence electrons. The van der Waals surface area contributed by atoms with Gasteiger partial charge in [0.25, 0.3) is 0 Å². The lowest BCUT2D eigenvalue weighted by atomic mass is 9.92. The number of piperidine rings is 1. The van der Waals surface area contributed by atoms with Crippen LogP contribution < -0.4 is 9.64 Å². The third kappa shape index (κ3) is 10.5. The van der Waals surface area contributed by atoms with Gasteiger partial charge < -0.3 is 29.2 Å². The molecule has 4 heterocycles. The van der Waals surface area contributed by atoms with Gasteiger partial charge in [-0.1, -0.05) is 12.1 Å². The summed E-state index contributed by atoms with van der Waals surface area (Å²) in [5.74, 6) is -3.05. The van der Waals surface area contributed by atoms with Crippen LogP contribution in [0.15, 0.2) is 36.7 Å². The number of alkyl halides is 6. The lowest BCUT2D eigenvalue weighted by Gasteiger charge is -2.33. The number of fused-ring (bicyclic) bond motifs is 1. The summed E-state index contributed by atoms with van der Waals surface area (Å²) in [6, 6.07) is 10.8. The molecule has 0 atom stereocenters.